The van der Waals surface area contributed by atoms with Gasteiger partial charge in [0.25, 0.3) is 0 Å². The van der Waals surface area contributed by atoms with Crippen LogP contribution >= 0.6 is 11.5 Å². The molecule has 1 unspecified atom stereocenters. The standard InChI is InChI=1S/C18H22N8S/c1-24-10-13(11-25(24)2)15-9-21-18-17(20-5-6-26(15)18)22-16-7-14(23-27-16)12-3-4-19-8-12/h5-7,9-10,12,19H,3-4,8,11H2,1-2H3,(H,20,22). The minimum absolute atomic E-state index is 0.516. The fourth-order valence-corrected chi connectivity index (χ4v) is 4.40. The number of rotatable bonds is 4. The van der Waals surface area contributed by atoms with Crippen molar-refractivity contribution in [2.45, 2.75) is 12.3 Å². The Bertz CT molecular complexity index is 1000. The molecule has 0 radical (unpaired) electrons. The number of nitrogens with one attached hydrogen (secondary N) is 2. The van der Waals surface area contributed by atoms with E-state index >= 15 is 0 Å². The number of nitrogens with zero attached hydrogens (tertiary/aromatic N) is 6. The molecule has 0 bridgehead atoms. The Hall–Kier alpha value is -2.49. The van der Waals surface area contributed by atoms with Gasteiger partial charge in [-0.2, -0.15) is 4.37 Å². The van der Waals surface area contributed by atoms with Crippen LogP contribution in [-0.4, -0.2) is 62.5 Å². The summed E-state index contributed by atoms with van der Waals surface area (Å²) in [6, 6.07) is 2.14. The number of hydrazine groups is 1. The van der Waals surface area contributed by atoms with Gasteiger partial charge in [0.05, 0.1) is 17.6 Å². The summed E-state index contributed by atoms with van der Waals surface area (Å²) in [6.07, 6.45) is 8.99. The van der Waals surface area contributed by atoms with Crippen molar-refractivity contribution in [3.63, 3.8) is 0 Å². The van der Waals surface area contributed by atoms with Crippen molar-refractivity contribution in [2.24, 2.45) is 0 Å². The summed E-state index contributed by atoms with van der Waals surface area (Å²) < 4.78 is 6.72. The van der Waals surface area contributed by atoms with Crippen molar-refractivity contribution in [1.82, 2.24) is 34.1 Å². The van der Waals surface area contributed by atoms with Crippen LogP contribution in [0.1, 0.15) is 23.7 Å². The zero-order valence-electron chi connectivity index (χ0n) is 15.4. The molecule has 2 aliphatic rings. The van der Waals surface area contributed by atoms with E-state index in [9.17, 15) is 0 Å². The van der Waals surface area contributed by atoms with Crippen molar-refractivity contribution in [3.8, 4) is 0 Å². The second-order valence-electron chi connectivity index (χ2n) is 7.09. The summed E-state index contributed by atoms with van der Waals surface area (Å²) >= 11 is 1.48. The van der Waals surface area contributed by atoms with Crippen LogP contribution in [0.3, 0.4) is 0 Å². The van der Waals surface area contributed by atoms with Crippen LogP contribution in [0.4, 0.5) is 10.8 Å². The maximum Gasteiger partial charge on any atom is 0.180 e. The number of hydrogen-bond acceptors (Lipinski definition) is 8. The number of anilines is 2. The average molecular weight is 382 g/mol. The van der Waals surface area contributed by atoms with Crippen LogP contribution in [-0.2, 0) is 0 Å². The molecular formula is C18H22N8S. The topological polar surface area (TPSA) is 73.6 Å². The van der Waals surface area contributed by atoms with E-state index in [-0.39, 0.29) is 0 Å². The molecule has 3 aromatic rings. The molecule has 1 atom stereocenters. The van der Waals surface area contributed by atoms with E-state index in [1.54, 1.807) is 0 Å². The Morgan fingerprint density at radius 3 is 3.00 bits per heavy atom. The minimum atomic E-state index is 0.516. The summed E-state index contributed by atoms with van der Waals surface area (Å²) in [7, 11) is 4.12. The van der Waals surface area contributed by atoms with Gasteiger partial charge in [-0.3, -0.25) is 4.40 Å². The lowest BCUT2D eigenvalue weighted by Crippen LogP contribution is -2.27. The molecule has 1 fully saturated rings. The predicted molar refractivity (Wildman–Crippen MR) is 107 cm³/mol. The second kappa shape index (κ2) is 6.59. The molecular weight excluding hydrogens is 360 g/mol. The van der Waals surface area contributed by atoms with Gasteiger partial charge in [0.15, 0.2) is 11.5 Å². The van der Waals surface area contributed by atoms with Crippen molar-refractivity contribution in [3.05, 3.63) is 42.2 Å². The summed E-state index contributed by atoms with van der Waals surface area (Å²) in [5.74, 6) is 1.27. The van der Waals surface area contributed by atoms with Crippen LogP contribution < -0.4 is 10.6 Å². The molecule has 0 spiro atoms. The Kier molecular flexibility index (Phi) is 4.07. The molecule has 8 nitrogen and oxygen atoms in total. The molecule has 0 saturated carbocycles. The lowest BCUT2D eigenvalue weighted by molar-refractivity contribution is 0.118. The molecule has 2 N–H and O–H groups in total. The van der Waals surface area contributed by atoms with E-state index in [1.165, 1.54) is 17.1 Å². The molecule has 3 aromatic heterocycles. The lowest BCUT2D eigenvalue weighted by atomic mass is 10.1. The van der Waals surface area contributed by atoms with Gasteiger partial charge in [0, 0.05) is 57.3 Å². The normalized spacial score (nSPS) is 20.6. The highest BCUT2D eigenvalue weighted by Gasteiger charge is 2.21. The molecule has 0 aromatic carbocycles. The summed E-state index contributed by atoms with van der Waals surface area (Å²) in [5, 5.41) is 12.1. The molecule has 1 saturated heterocycles. The van der Waals surface area contributed by atoms with E-state index in [0.717, 1.165) is 53.9 Å². The van der Waals surface area contributed by atoms with Crippen LogP contribution in [0.15, 0.2) is 30.9 Å². The van der Waals surface area contributed by atoms with Crippen molar-refractivity contribution in [1.29, 1.82) is 0 Å². The highest BCUT2D eigenvalue weighted by molar-refractivity contribution is 7.10. The smallest absolute Gasteiger partial charge is 0.180 e. The zero-order valence-corrected chi connectivity index (χ0v) is 16.2. The Morgan fingerprint density at radius 1 is 1.30 bits per heavy atom. The maximum absolute atomic E-state index is 4.63. The number of hydrogen-bond donors (Lipinski definition) is 2. The minimum Gasteiger partial charge on any atom is -0.328 e. The summed E-state index contributed by atoms with van der Waals surface area (Å²) in [5.41, 5.74) is 4.31. The average Bonchev–Trinajstić information content (AvgIpc) is 3.42. The first-order valence-corrected chi connectivity index (χ1v) is 9.88. The van der Waals surface area contributed by atoms with Crippen LogP contribution in [0.25, 0.3) is 11.2 Å². The van der Waals surface area contributed by atoms with Crippen molar-refractivity contribution >= 4 is 33.6 Å². The molecule has 5 rings (SSSR count). The fourth-order valence-electron chi connectivity index (χ4n) is 3.68. The monoisotopic (exact) mass is 382 g/mol. The first kappa shape index (κ1) is 16.7. The number of fused-ring (bicyclic) bond motifs is 1. The third-order valence-electron chi connectivity index (χ3n) is 5.29. The van der Waals surface area contributed by atoms with E-state index in [1.807, 2.05) is 25.6 Å². The molecule has 0 aliphatic carbocycles. The molecule has 0 amide bonds. The number of likely N-dealkylation sites (N-methyl/N-ethyl adjacent to an activating group) is 1. The SMILES string of the molecule is CN1C=C(c2cnc3c(Nc4cc(C5CCNC5)ns4)nccn23)CN1C. The molecule has 140 valence electrons. The van der Waals surface area contributed by atoms with Gasteiger partial charge in [-0.1, -0.05) is 0 Å². The molecule has 27 heavy (non-hydrogen) atoms. The van der Waals surface area contributed by atoms with Crippen LogP contribution in [0, 0.1) is 0 Å². The van der Waals surface area contributed by atoms with Crippen LogP contribution in [0.5, 0.6) is 0 Å². The van der Waals surface area contributed by atoms with Gasteiger partial charge in [-0.05, 0) is 30.6 Å². The summed E-state index contributed by atoms with van der Waals surface area (Å²) in [4.78, 5) is 9.14. The zero-order chi connectivity index (χ0) is 18.4. The van der Waals surface area contributed by atoms with Crippen molar-refractivity contribution in [2.75, 3.05) is 39.0 Å². The largest absolute Gasteiger partial charge is 0.328 e. The van der Waals surface area contributed by atoms with E-state index in [0.29, 0.717) is 5.92 Å². The second-order valence-corrected chi connectivity index (χ2v) is 7.89. The summed E-state index contributed by atoms with van der Waals surface area (Å²) in [6.45, 7) is 2.95. The molecule has 5 heterocycles. The highest BCUT2D eigenvalue weighted by Crippen LogP contribution is 2.30. The van der Waals surface area contributed by atoms with Gasteiger partial charge in [-0.25, -0.2) is 15.0 Å². The number of imidazole rings is 1. The van der Waals surface area contributed by atoms with Gasteiger partial charge in [-0.15, -0.1) is 0 Å². The third-order valence-corrected chi connectivity index (χ3v) is 6.00. The Morgan fingerprint density at radius 2 is 2.22 bits per heavy atom. The first-order chi connectivity index (χ1) is 13.2. The van der Waals surface area contributed by atoms with Gasteiger partial charge >= 0.3 is 0 Å². The predicted octanol–water partition coefficient (Wildman–Crippen LogP) is 2.14. The first-order valence-electron chi connectivity index (χ1n) is 9.10. The highest BCUT2D eigenvalue weighted by atomic mass is 32.1. The van der Waals surface area contributed by atoms with E-state index in [2.05, 4.69) is 58.7 Å². The quantitative estimate of drug-likeness (QED) is 0.716. The molecule has 2 aliphatic heterocycles. The Labute approximate surface area is 161 Å². The third kappa shape index (κ3) is 2.97. The molecule has 9 heteroatoms. The van der Waals surface area contributed by atoms with Crippen LogP contribution in [0.2, 0.25) is 0 Å². The Balaban J connectivity index is 1.44. The number of aromatic nitrogens is 4. The van der Waals surface area contributed by atoms with Crippen molar-refractivity contribution < 1.29 is 0 Å². The van der Waals surface area contributed by atoms with E-state index in [4.69, 9.17) is 0 Å². The maximum atomic E-state index is 4.63. The lowest BCUT2D eigenvalue weighted by Gasteiger charge is -2.18. The van der Waals surface area contributed by atoms with Gasteiger partial charge < -0.3 is 15.6 Å². The fraction of sp³-hybridized carbons (Fsp3) is 0.389. The van der Waals surface area contributed by atoms with E-state index < -0.39 is 0 Å². The van der Waals surface area contributed by atoms with Gasteiger partial charge in [0.1, 0.15) is 5.00 Å². The van der Waals surface area contributed by atoms with Gasteiger partial charge in [0.2, 0.25) is 0 Å².